The maximum absolute atomic E-state index is 14.8. The fourth-order valence-electron chi connectivity index (χ4n) is 7.42. The van der Waals surface area contributed by atoms with Crippen LogP contribution in [-0.4, -0.2) is 96.0 Å². The van der Waals surface area contributed by atoms with Gasteiger partial charge in [0.25, 0.3) is 5.91 Å². The zero-order valence-electron chi connectivity index (χ0n) is 29.1. The van der Waals surface area contributed by atoms with E-state index in [2.05, 4.69) is 15.6 Å². The number of halogens is 2. The summed E-state index contributed by atoms with van der Waals surface area (Å²) < 4.78 is 66.4. The van der Waals surface area contributed by atoms with Crippen LogP contribution in [0.4, 0.5) is 13.6 Å². The van der Waals surface area contributed by atoms with Crippen molar-refractivity contribution >= 4 is 44.6 Å². The van der Waals surface area contributed by atoms with Gasteiger partial charge in [-0.2, -0.15) is 0 Å². The molecule has 3 fully saturated rings. The van der Waals surface area contributed by atoms with Crippen LogP contribution in [0, 0.1) is 23.6 Å². The number of fused-ring (bicyclic) bond motifs is 3. The number of sulfonamides is 1. The van der Waals surface area contributed by atoms with Crippen molar-refractivity contribution in [3.63, 3.8) is 0 Å². The van der Waals surface area contributed by atoms with E-state index in [1.807, 2.05) is 17.7 Å². The van der Waals surface area contributed by atoms with Crippen molar-refractivity contribution in [1.82, 2.24) is 25.2 Å². The summed E-state index contributed by atoms with van der Waals surface area (Å²) in [5, 5.41) is 15.2. The Hall–Kier alpha value is -4.54. The fraction of sp³-hybridized carbons (Fsp3) is 0.571. The zero-order chi connectivity index (χ0) is 37.6. The lowest BCUT2D eigenvalue weighted by Crippen LogP contribution is -2.59. The van der Waals surface area contributed by atoms with E-state index in [1.165, 1.54) is 18.1 Å². The van der Waals surface area contributed by atoms with E-state index in [1.54, 1.807) is 25.1 Å². The highest BCUT2D eigenvalue weighted by Gasteiger charge is 2.64. The number of rotatable bonds is 8. The zero-order valence-corrected chi connectivity index (χ0v) is 29.9. The molecule has 52 heavy (non-hydrogen) atoms. The molecule has 0 spiro atoms. The van der Waals surface area contributed by atoms with Crippen LogP contribution in [0.5, 0.6) is 11.6 Å². The van der Waals surface area contributed by atoms with E-state index in [-0.39, 0.29) is 49.4 Å². The number of nitrogens with one attached hydrogen (secondary N) is 3. The molecule has 4 amide bonds. The first-order chi connectivity index (χ1) is 24.6. The topological polar surface area (TPSA) is 193 Å². The van der Waals surface area contributed by atoms with Gasteiger partial charge < -0.3 is 30.1 Å². The number of allylic oxidation sites excluding steroid dienone is 1. The van der Waals surface area contributed by atoms with Gasteiger partial charge in [-0.3, -0.25) is 19.1 Å². The number of amides is 4. The molecule has 2 aromatic rings. The summed E-state index contributed by atoms with van der Waals surface area (Å²) in [5.74, 6) is -3.69. The standard InChI is InChI=1S/C35H43F2N5O9S/c1-19-6-4-5-7-21-15-35(21,32(45)41-52(48,49)34(18-36)10-11-34)40-29(43)27-14-23(17-42(27)31(44)28(20(2)12-19)39-33(46)47)51-30-24-9-8-22(50-3)13-25(24)26(37)16-38-30/h5,7-9,13,16,19-21,23,27-28,39H,4,6,10-12,14-15,17-18H2,1-3H3,(H,40,43)(H,41,45)(H,46,47)/t19-,20-,21-,23-,27+,28+,35-/m1/s1. The molecule has 17 heteroatoms. The number of alkyl halides is 1. The molecule has 1 saturated heterocycles. The Morgan fingerprint density at radius 1 is 1.17 bits per heavy atom. The second kappa shape index (κ2) is 14.1. The molecular weight excluding hydrogens is 704 g/mol. The van der Waals surface area contributed by atoms with Gasteiger partial charge in [0.1, 0.15) is 46.7 Å². The first-order valence-corrected chi connectivity index (χ1v) is 18.8. The van der Waals surface area contributed by atoms with Gasteiger partial charge >= 0.3 is 6.09 Å². The lowest BCUT2D eigenvalue weighted by atomic mass is 9.88. The predicted molar refractivity (Wildman–Crippen MR) is 183 cm³/mol. The van der Waals surface area contributed by atoms with Crippen LogP contribution >= 0.6 is 0 Å². The van der Waals surface area contributed by atoms with Gasteiger partial charge in [-0.25, -0.2) is 27.0 Å². The molecule has 2 aliphatic carbocycles. The van der Waals surface area contributed by atoms with E-state index in [0.29, 0.717) is 30.4 Å². The summed E-state index contributed by atoms with van der Waals surface area (Å²) in [7, 11) is -2.97. The number of aromatic nitrogens is 1. The van der Waals surface area contributed by atoms with Crippen molar-refractivity contribution in [2.75, 3.05) is 20.3 Å². The van der Waals surface area contributed by atoms with Crippen molar-refractivity contribution < 1.29 is 51.0 Å². The molecule has 14 nitrogen and oxygen atoms in total. The summed E-state index contributed by atoms with van der Waals surface area (Å²) in [6.45, 7) is 2.38. The van der Waals surface area contributed by atoms with Crippen LogP contribution in [0.3, 0.4) is 0 Å². The number of hydrogen-bond donors (Lipinski definition) is 4. The number of carbonyl (C=O) groups is 4. The van der Waals surface area contributed by atoms with E-state index < -0.39 is 86.6 Å². The van der Waals surface area contributed by atoms with Crippen molar-refractivity contribution in [2.45, 2.75) is 87.3 Å². The fourth-order valence-corrected chi connectivity index (χ4v) is 8.85. The van der Waals surface area contributed by atoms with E-state index in [9.17, 15) is 41.5 Å². The molecular formula is C35H43F2N5O9S. The molecule has 6 rings (SSSR count). The Balaban J connectivity index is 1.34. The lowest BCUT2D eigenvalue weighted by molar-refractivity contribution is -0.142. The summed E-state index contributed by atoms with van der Waals surface area (Å²) >= 11 is 0. The number of nitrogens with zero attached hydrogens (tertiary/aromatic N) is 2. The average Bonchev–Trinajstić information content (AvgIpc) is 4.01. The van der Waals surface area contributed by atoms with Gasteiger partial charge in [0.15, 0.2) is 0 Å². The maximum Gasteiger partial charge on any atom is 0.405 e. The third-order valence-electron chi connectivity index (χ3n) is 10.8. The minimum atomic E-state index is -4.41. The monoisotopic (exact) mass is 747 g/mol. The Bertz CT molecular complexity index is 1910. The Morgan fingerprint density at radius 2 is 1.92 bits per heavy atom. The number of ether oxygens (including phenoxy) is 2. The van der Waals surface area contributed by atoms with Gasteiger partial charge in [-0.15, -0.1) is 0 Å². The van der Waals surface area contributed by atoms with Gasteiger partial charge in [-0.1, -0.05) is 26.0 Å². The SMILES string of the molecule is COc1ccc2c(O[C@@H]3C[C@H]4C(=O)N[C@]5(C(=O)NS(=O)(=O)C6(CF)CC6)C[C@H]5C=CCC[C@@H](C)C[C@@H](C)[C@H](NC(=O)O)C(=O)N4C3)ncc(F)c2c1. The number of carboxylic acid groups (broad SMARTS) is 1. The molecule has 1 aromatic carbocycles. The number of benzene rings is 1. The first-order valence-electron chi connectivity index (χ1n) is 17.3. The third-order valence-corrected chi connectivity index (χ3v) is 12.9. The Morgan fingerprint density at radius 3 is 2.60 bits per heavy atom. The van der Waals surface area contributed by atoms with Gasteiger partial charge in [-0.05, 0) is 68.6 Å². The highest BCUT2D eigenvalue weighted by molar-refractivity contribution is 7.91. The van der Waals surface area contributed by atoms with Gasteiger partial charge in [0.05, 0.1) is 19.9 Å². The van der Waals surface area contributed by atoms with Crippen molar-refractivity contribution in [2.24, 2.45) is 17.8 Å². The second-order valence-corrected chi connectivity index (χ2v) is 16.7. The van der Waals surface area contributed by atoms with Crippen molar-refractivity contribution in [3.05, 3.63) is 42.4 Å². The molecule has 2 saturated carbocycles. The number of methoxy groups -OCH3 is 1. The molecule has 1 aromatic heterocycles. The lowest BCUT2D eigenvalue weighted by Gasteiger charge is -2.32. The third kappa shape index (κ3) is 7.11. The van der Waals surface area contributed by atoms with Gasteiger partial charge in [0.2, 0.25) is 27.7 Å². The van der Waals surface area contributed by atoms with Crippen LogP contribution in [0.1, 0.15) is 58.8 Å². The largest absolute Gasteiger partial charge is 0.497 e. The molecule has 3 heterocycles. The van der Waals surface area contributed by atoms with Crippen molar-refractivity contribution in [3.8, 4) is 11.6 Å². The summed E-state index contributed by atoms with van der Waals surface area (Å²) in [6, 6.07) is 2.11. The quantitative estimate of drug-likeness (QED) is 0.292. The molecule has 282 valence electrons. The number of pyridine rings is 1. The normalized spacial score (nSPS) is 30.2. The smallest absolute Gasteiger partial charge is 0.405 e. The van der Waals surface area contributed by atoms with Crippen LogP contribution < -0.4 is 24.8 Å². The van der Waals surface area contributed by atoms with Gasteiger partial charge in [0, 0.05) is 23.1 Å². The summed E-state index contributed by atoms with van der Waals surface area (Å²) in [6.07, 6.45) is 4.05. The highest BCUT2D eigenvalue weighted by atomic mass is 32.2. The molecule has 0 bridgehead atoms. The van der Waals surface area contributed by atoms with E-state index in [0.717, 1.165) is 6.20 Å². The molecule has 0 unspecified atom stereocenters. The average molecular weight is 748 g/mol. The van der Waals surface area contributed by atoms with E-state index in [4.69, 9.17) is 9.47 Å². The van der Waals surface area contributed by atoms with Crippen LogP contribution in [-0.2, 0) is 24.4 Å². The minimum Gasteiger partial charge on any atom is -0.497 e. The van der Waals surface area contributed by atoms with Crippen LogP contribution in [0.15, 0.2) is 36.5 Å². The second-order valence-electron chi connectivity index (χ2n) is 14.6. The molecule has 4 aliphatic rings. The number of hydrogen-bond acceptors (Lipinski definition) is 9. The number of carbonyl (C=O) groups excluding carboxylic acids is 3. The molecule has 7 atom stereocenters. The first kappa shape index (κ1) is 37.2. The molecule has 2 aliphatic heterocycles. The summed E-state index contributed by atoms with van der Waals surface area (Å²) in [4.78, 5) is 59.6. The molecule has 4 N–H and O–H groups in total. The maximum atomic E-state index is 14.8. The van der Waals surface area contributed by atoms with E-state index >= 15 is 0 Å². The predicted octanol–water partition coefficient (Wildman–Crippen LogP) is 3.20. The Kier molecular flexibility index (Phi) is 10.1. The summed E-state index contributed by atoms with van der Waals surface area (Å²) in [5.41, 5.74) is -1.70. The highest BCUT2D eigenvalue weighted by Crippen LogP contribution is 2.48. The van der Waals surface area contributed by atoms with Crippen LogP contribution in [0.25, 0.3) is 10.8 Å². The van der Waals surface area contributed by atoms with Crippen LogP contribution in [0.2, 0.25) is 0 Å². The van der Waals surface area contributed by atoms with Crippen molar-refractivity contribution in [1.29, 1.82) is 0 Å². The minimum absolute atomic E-state index is 0.0253. The molecule has 0 radical (unpaired) electrons. The Labute approximate surface area is 299 Å².